The van der Waals surface area contributed by atoms with Gasteiger partial charge in [-0.25, -0.2) is 0 Å². The summed E-state index contributed by atoms with van der Waals surface area (Å²) in [4.78, 5) is 9.55. The van der Waals surface area contributed by atoms with Gasteiger partial charge in [0.25, 0.3) is 0 Å². The molecule has 0 rings (SSSR count). The van der Waals surface area contributed by atoms with Crippen molar-refractivity contribution in [1.29, 1.82) is 0 Å². The Labute approximate surface area is 112 Å². The highest BCUT2D eigenvalue weighted by Crippen LogP contribution is 2.43. The average molecular weight is 278 g/mol. The molecule has 1 unspecified atom stereocenters. The highest BCUT2D eigenvalue weighted by atomic mass is 31.2. The Kier molecular flexibility index (Phi) is 8.79. The first-order valence-corrected chi connectivity index (χ1v) is 8.37. The molecule has 0 radical (unpaired) electrons. The molecule has 0 aliphatic carbocycles. The lowest BCUT2D eigenvalue weighted by Crippen LogP contribution is -2.37. The Hall–Kier alpha value is -0.150. The number of hydrogen-bond donors (Lipinski definition) is 1. The predicted molar refractivity (Wildman–Crippen MR) is 76.6 cm³/mol. The van der Waals surface area contributed by atoms with Crippen LogP contribution in [-0.4, -0.2) is 43.7 Å². The van der Waals surface area contributed by atoms with E-state index in [2.05, 4.69) is 6.92 Å². The van der Waals surface area contributed by atoms with Gasteiger partial charge in [-0.15, -0.1) is 0 Å². The number of likely N-dealkylation sites (N-methyl/N-ethyl adjacent to an activating group) is 1. The maximum atomic E-state index is 11.6. The number of unbranched alkanes of at least 4 members (excludes halogenated alkanes) is 4. The van der Waals surface area contributed by atoms with Gasteiger partial charge in [-0.05, 0) is 12.8 Å². The number of hydrogen-bond acceptors (Lipinski definition) is 2. The van der Waals surface area contributed by atoms with Crippen LogP contribution in [-0.2, 0) is 9.09 Å². The smallest absolute Gasteiger partial charge is 0.329 e. The van der Waals surface area contributed by atoms with Crippen LogP contribution >= 0.6 is 7.60 Å². The first-order valence-electron chi connectivity index (χ1n) is 6.72. The number of rotatable bonds is 10. The fourth-order valence-electron chi connectivity index (χ4n) is 1.39. The van der Waals surface area contributed by atoms with E-state index in [1.807, 2.05) is 21.1 Å². The first kappa shape index (κ1) is 17.8. The molecule has 0 aromatic rings. The summed E-state index contributed by atoms with van der Waals surface area (Å²) in [7, 11) is 2.54. The van der Waals surface area contributed by atoms with E-state index in [1.165, 1.54) is 25.1 Å². The molecule has 0 aromatic heterocycles. The fraction of sp³-hybridized carbons (Fsp3) is 0.846. The molecule has 0 fully saturated rings. The molecule has 0 aliphatic rings. The standard InChI is InChI=1S/C13H28NO3P/c1-5-6-7-8-9-10-13-18(15,16)17-12-11-14(2,3)4/h10,13H,5-9,11-12H2,1-4H3/p+1. The molecule has 5 heteroatoms. The van der Waals surface area contributed by atoms with Gasteiger partial charge in [0.05, 0.1) is 21.1 Å². The Bertz CT molecular complexity index is 284. The third-order valence-corrected chi connectivity index (χ3v) is 3.70. The molecule has 0 aliphatic heterocycles. The monoisotopic (exact) mass is 278 g/mol. The van der Waals surface area contributed by atoms with Gasteiger partial charge in [-0.2, -0.15) is 0 Å². The van der Waals surface area contributed by atoms with Gasteiger partial charge in [0.2, 0.25) is 0 Å². The molecule has 0 heterocycles. The van der Waals surface area contributed by atoms with Crippen molar-refractivity contribution < 1.29 is 18.5 Å². The van der Waals surface area contributed by atoms with Crippen molar-refractivity contribution in [3.63, 3.8) is 0 Å². The Balaban J connectivity index is 3.78. The van der Waals surface area contributed by atoms with Crippen LogP contribution in [0.3, 0.4) is 0 Å². The molecule has 0 amide bonds. The highest BCUT2D eigenvalue weighted by Gasteiger charge is 2.16. The molecule has 0 aromatic carbocycles. The van der Waals surface area contributed by atoms with E-state index in [0.717, 1.165) is 23.9 Å². The number of allylic oxidation sites excluding steroid dienone is 1. The minimum Gasteiger partial charge on any atom is -0.329 e. The summed E-state index contributed by atoms with van der Waals surface area (Å²) in [5, 5.41) is 0. The second kappa shape index (κ2) is 8.87. The molecule has 18 heavy (non-hydrogen) atoms. The normalized spacial score (nSPS) is 16.1. The number of quaternary nitrogens is 1. The predicted octanol–water partition coefficient (Wildman–Crippen LogP) is 3.38. The second-order valence-electron chi connectivity index (χ2n) is 5.65. The highest BCUT2D eigenvalue weighted by molar-refractivity contribution is 7.56. The lowest BCUT2D eigenvalue weighted by molar-refractivity contribution is -0.870. The number of nitrogens with zero attached hydrogens (tertiary/aromatic N) is 1. The van der Waals surface area contributed by atoms with Crippen LogP contribution in [0, 0.1) is 0 Å². The van der Waals surface area contributed by atoms with Gasteiger partial charge >= 0.3 is 7.60 Å². The molecule has 4 nitrogen and oxygen atoms in total. The van der Waals surface area contributed by atoms with Crippen LogP contribution < -0.4 is 0 Å². The Morgan fingerprint density at radius 3 is 2.44 bits per heavy atom. The minimum absolute atomic E-state index is 0.303. The summed E-state index contributed by atoms with van der Waals surface area (Å²) in [6, 6.07) is 0. The summed E-state index contributed by atoms with van der Waals surface area (Å²) in [6.45, 7) is 3.19. The van der Waals surface area contributed by atoms with E-state index in [1.54, 1.807) is 6.08 Å². The molecule has 1 atom stereocenters. The van der Waals surface area contributed by atoms with Crippen LogP contribution in [0.2, 0.25) is 0 Å². The van der Waals surface area contributed by atoms with Gasteiger partial charge < -0.3 is 9.38 Å². The van der Waals surface area contributed by atoms with Crippen molar-refractivity contribution in [3.05, 3.63) is 11.9 Å². The van der Waals surface area contributed by atoms with E-state index < -0.39 is 7.60 Å². The van der Waals surface area contributed by atoms with Crippen molar-refractivity contribution >= 4 is 7.60 Å². The van der Waals surface area contributed by atoms with Gasteiger partial charge in [-0.3, -0.25) is 9.09 Å². The molecule has 108 valence electrons. The lowest BCUT2D eigenvalue weighted by atomic mass is 10.2. The molecule has 0 saturated heterocycles. The molecule has 0 saturated carbocycles. The molecular weight excluding hydrogens is 249 g/mol. The van der Waals surface area contributed by atoms with Crippen molar-refractivity contribution in [3.8, 4) is 0 Å². The zero-order valence-corrected chi connectivity index (χ0v) is 13.2. The van der Waals surface area contributed by atoms with E-state index in [0.29, 0.717) is 6.61 Å². The van der Waals surface area contributed by atoms with Crippen LogP contribution in [0.5, 0.6) is 0 Å². The molecule has 0 bridgehead atoms. The second-order valence-corrected chi connectivity index (χ2v) is 7.33. The Morgan fingerprint density at radius 2 is 1.89 bits per heavy atom. The van der Waals surface area contributed by atoms with Crippen LogP contribution in [0.25, 0.3) is 0 Å². The molecular formula is C13H29NO3P+. The van der Waals surface area contributed by atoms with Crippen molar-refractivity contribution in [1.82, 2.24) is 0 Å². The summed E-state index contributed by atoms with van der Waals surface area (Å²) >= 11 is 0. The van der Waals surface area contributed by atoms with Crippen LogP contribution in [0.15, 0.2) is 11.9 Å². The molecule has 0 spiro atoms. The van der Waals surface area contributed by atoms with Crippen molar-refractivity contribution in [2.75, 3.05) is 34.3 Å². The average Bonchev–Trinajstić information content (AvgIpc) is 2.21. The largest absolute Gasteiger partial charge is 0.351 e. The van der Waals surface area contributed by atoms with E-state index in [4.69, 9.17) is 4.52 Å². The molecule has 1 N–H and O–H groups in total. The van der Waals surface area contributed by atoms with Crippen LogP contribution in [0.4, 0.5) is 0 Å². The zero-order chi connectivity index (χ0) is 14.1. The summed E-state index contributed by atoms with van der Waals surface area (Å²) in [5.74, 6) is 1.33. The maximum Gasteiger partial charge on any atom is 0.351 e. The van der Waals surface area contributed by atoms with E-state index in [9.17, 15) is 9.46 Å². The van der Waals surface area contributed by atoms with E-state index >= 15 is 0 Å². The van der Waals surface area contributed by atoms with Crippen molar-refractivity contribution in [2.24, 2.45) is 0 Å². The first-order chi connectivity index (χ1) is 8.27. The Morgan fingerprint density at radius 1 is 1.22 bits per heavy atom. The topological polar surface area (TPSA) is 46.5 Å². The van der Waals surface area contributed by atoms with Gasteiger partial charge in [0.1, 0.15) is 13.2 Å². The quantitative estimate of drug-likeness (QED) is 0.378. The summed E-state index contributed by atoms with van der Waals surface area (Å²) in [5.41, 5.74) is 0. The zero-order valence-electron chi connectivity index (χ0n) is 12.3. The lowest BCUT2D eigenvalue weighted by Gasteiger charge is -2.23. The maximum absolute atomic E-state index is 11.6. The third-order valence-electron chi connectivity index (χ3n) is 2.56. The van der Waals surface area contributed by atoms with Gasteiger partial charge in [0, 0.05) is 5.82 Å². The van der Waals surface area contributed by atoms with Gasteiger partial charge in [0.15, 0.2) is 0 Å². The van der Waals surface area contributed by atoms with Crippen molar-refractivity contribution in [2.45, 2.75) is 39.0 Å². The van der Waals surface area contributed by atoms with Gasteiger partial charge in [-0.1, -0.05) is 32.3 Å². The van der Waals surface area contributed by atoms with Crippen LogP contribution in [0.1, 0.15) is 39.0 Å². The van der Waals surface area contributed by atoms with E-state index in [-0.39, 0.29) is 0 Å². The fourth-order valence-corrected chi connectivity index (χ4v) is 2.23. The summed E-state index contributed by atoms with van der Waals surface area (Å²) in [6.07, 6.45) is 7.30. The SMILES string of the molecule is CCCCCCC=CP(=O)(O)OCC[N+](C)(C)C. The minimum atomic E-state index is -3.52. The summed E-state index contributed by atoms with van der Waals surface area (Å²) < 4.78 is 17.4. The third kappa shape index (κ3) is 12.3.